The third-order valence-electron chi connectivity index (χ3n) is 5.55. The van der Waals surface area contributed by atoms with Crippen molar-refractivity contribution >= 4 is 11.9 Å². The largest absolute Gasteiger partial charge is 0.484 e. The Kier molecular flexibility index (Phi) is 9.37. The summed E-state index contributed by atoms with van der Waals surface area (Å²) in [4.78, 5) is 18.5. The Morgan fingerprint density at radius 3 is 2.56 bits per heavy atom. The summed E-state index contributed by atoms with van der Waals surface area (Å²) in [5.41, 5.74) is 2.38. The van der Waals surface area contributed by atoms with Crippen LogP contribution in [0.3, 0.4) is 0 Å². The molecule has 0 saturated carbocycles. The lowest BCUT2D eigenvalue weighted by Crippen LogP contribution is -2.42. The number of likely N-dealkylation sites (tertiary alicyclic amines) is 1. The summed E-state index contributed by atoms with van der Waals surface area (Å²) < 4.78 is 5.59. The lowest BCUT2D eigenvalue weighted by Gasteiger charge is -2.29. The number of nitrogens with zero attached hydrogens (tertiary/aromatic N) is 2. The van der Waals surface area contributed by atoms with Crippen LogP contribution < -0.4 is 20.7 Å². The minimum absolute atomic E-state index is 0.0192. The maximum Gasteiger partial charge on any atom is 0.257 e. The number of benzene rings is 2. The number of hydrogen-bond acceptors (Lipinski definition) is 4. The number of nitrogens with one attached hydrogen (secondary N) is 3. The first-order valence-corrected chi connectivity index (χ1v) is 11.4. The van der Waals surface area contributed by atoms with Crippen LogP contribution in [0.1, 0.15) is 36.9 Å². The molecule has 1 amide bonds. The second-order valence-electron chi connectivity index (χ2n) is 7.87. The van der Waals surface area contributed by atoms with Crippen LogP contribution in [0.25, 0.3) is 0 Å². The number of amides is 1. The number of carbonyl (C=O) groups is 1. The first-order chi connectivity index (χ1) is 15.7. The average molecular weight is 438 g/mol. The first-order valence-electron chi connectivity index (χ1n) is 11.4. The van der Waals surface area contributed by atoms with Gasteiger partial charge in [0.25, 0.3) is 5.91 Å². The van der Waals surface area contributed by atoms with Crippen molar-refractivity contribution < 1.29 is 9.53 Å². The van der Waals surface area contributed by atoms with Crippen molar-refractivity contribution in [2.24, 2.45) is 4.99 Å². The Hall–Kier alpha value is -3.06. The van der Waals surface area contributed by atoms with E-state index in [2.05, 4.69) is 56.2 Å². The molecule has 1 saturated heterocycles. The monoisotopic (exact) mass is 437 g/mol. The normalized spacial score (nSPS) is 15.2. The van der Waals surface area contributed by atoms with Crippen LogP contribution in [0.5, 0.6) is 5.75 Å². The average Bonchev–Trinajstić information content (AvgIpc) is 3.36. The smallest absolute Gasteiger partial charge is 0.257 e. The van der Waals surface area contributed by atoms with Crippen LogP contribution in [-0.4, -0.2) is 56.6 Å². The molecular formula is C25H35N5O2. The first kappa shape index (κ1) is 23.6. The van der Waals surface area contributed by atoms with Gasteiger partial charge in [-0.05, 0) is 56.1 Å². The van der Waals surface area contributed by atoms with E-state index in [-0.39, 0.29) is 12.5 Å². The molecular weight excluding hydrogens is 402 g/mol. The van der Waals surface area contributed by atoms with Gasteiger partial charge in [-0.15, -0.1) is 0 Å². The maximum absolute atomic E-state index is 11.6. The van der Waals surface area contributed by atoms with Crippen LogP contribution in [0.15, 0.2) is 59.6 Å². The van der Waals surface area contributed by atoms with Crippen molar-refractivity contribution in [3.63, 3.8) is 0 Å². The number of likely N-dealkylation sites (N-methyl/N-ethyl adjacent to an activating group) is 1. The quantitative estimate of drug-likeness (QED) is 0.394. The van der Waals surface area contributed by atoms with Crippen molar-refractivity contribution in [2.45, 2.75) is 32.4 Å². The zero-order valence-corrected chi connectivity index (χ0v) is 19.1. The molecule has 0 aromatic heterocycles. The lowest BCUT2D eigenvalue weighted by atomic mass is 10.1. The van der Waals surface area contributed by atoms with Crippen molar-refractivity contribution in [3.8, 4) is 5.75 Å². The van der Waals surface area contributed by atoms with Crippen molar-refractivity contribution in [3.05, 3.63) is 65.7 Å². The molecule has 3 N–H and O–H groups in total. The molecule has 1 heterocycles. The van der Waals surface area contributed by atoms with Gasteiger partial charge in [-0.1, -0.05) is 42.5 Å². The Labute approximate surface area is 191 Å². The van der Waals surface area contributed by atoms with E-state index in [4.69, 9.17) is 4.74 Å². The summed E-state index contributed by atoms with van der Waals surface area (Å²) in [6.07, 6.45) is 2.52. The van der Waals surface area contributed by atoms with Crippen molar-refractivity contribution in [1.82, 2.24) is 20.9 Å². The highest BCUT2D eigenvalue weighted by Gasteiger charge is 2.23. The van der Waals surface area contributed by atoms with E-state index in [1.54, 1.807) is 7.05 Å². The topological polar surface area (TPSA) is 78.0 Å². The molecule has 1 aliphatic heterocycles. The van der Waals surface area contributed by atoms with Gasteiger partial charge in [0, 0.05) is 26.7 Å². The molecule has 0 spiro atoms. The van der Waals surface area contributed by atoms with Crippen molar-refractivity contribution in [2.75, 3.05) is 39.8 Å². The summed E-state index contributed by atoms with van der Waals surface area (Å²) in [7, 11) is 1.79. The predicted molar refractivity (Wildman–Crippen MR) is 129 cm³/mol. The van der Waals surface area contributed by atoms with Crippen molar-refractivity contribution in [1.29, 1.82) is 0 Å². The Balaban J connectivity index is 1.53. The molecule has 7 nitrogen and oxygen atoms in total. The SMILES string of the molecule is CCNC(=O)COc1cccc(CNC(=NC)NCC(c2ccccc2)N2CCCC2)c1. The second kappa shape index (κ2) is 12.7. The minimum atomic E-state index is -0.119. The molecule has 32 heavy (non-hydrogen) atoms. The number of carbonyl (C=O) groups excluding carboxylic acids is 1. The van der Waals surface area contributed by atoms with Crippen LogP contribution >= 0.6 is 0 Å². The van der Waals surface area contributed by atoms with Gasteiger partial charge < -0.3 is 20.7 Å². The second-order valence-corrected chi connectivity index (χ2v) is 7.87. The van der Waals surface area contributed by atoms with E-state index >= 15 is 0 Å². The highest BCUT2D eigenvalue weighted by Crippen LogP contribution is 2.24. The maximum atomic E-state index is 11.6. The summed E-state index contributed by atoms with van der Waals surface area (Å²) in [5.74, 6) is 1.32. The number of ether oxygens (including phenoxy) is 1. The third kappa shape index (κ3) is 7.27. The molecule has 2 aromatic carbocycles. The number of hydrogen-bond donors (Lipinski definition) is 3. The summed E-state index contributed by atoms with van der Waals surface area (Å²) >= 11 is 0. The van der Waals surface area contributed by atoms with Gasteiger partial charge in [0.05, 0.1) is 6.04 Å². The van der Waals surface area contributed by atoms with Gasteiger partial charge >= 0.3 is 0 Å². The predicted octanol–water partition coefficient (Wildman–Crippen LogP) is 2.70. The van der Waals surface area contributed by atoms with Crippen LogP contribution in [0, 0.1) is 0 Å². The highest BCUT2D eigenvalue weighted by molar-refractivity contribution is 5.79. The van der Waals surface area contributed by atoms with Gasteiger partial charge in [0.15, 0.2) is 12.6 Å². The number of aliphatic imine (C=N–C) groups is 1. The molecule has 1 atom stereocenters. The van der Waals surface area contributed by atoms with E-state index < -0.39 is 0 Å². The van der Waals surface area contributed by atoms with E-state index in [0.717, 1.165) is 31.2 Å². The molecule has 2 aromatic rings. The number of guanidine groups is 1. The molecule has 1 aliphatic rings. The van der Waals surface area contributed by atoms with Crippen LogP contribution in [-0.2, 0) is 11.3 Å². The molecule has 172 valence electrons. The molecule has 0 bridgehead atoms. The number of rotatable bonds is 10. The molecule has 1 unspecified atom stereocenters. The summed E-state index contributed by atoms with van der Waals surface area (Å²) in [6.45, 7) is 6.18. The fourth-order valence-electron chi connectivity index (χ4n) is 3.93. The Morgan fingerprint density at radius 1 is 1.06 bits per heavy atom. The van der Waals surface area contributed by atoms with Gasteiger partial charge in [-0.25, -0.2) is 0 Å². The van der Waals surface area contributed by atoms with E-state index in [0.29, 0.717) is 24.9 Å². The van der Waals surface area contributed by atoms with Crippen LogP contribution in [0.2, 0.25) is 0 Å². The molecule has 3 rings (SSSR count). The molecule has 1 fully saturated rings. The van der Waals surface area contributed by atoms with Gasteiger partial charge in [0.2, 0.25) is 0 Å². The van der Waals surface area contributed by atoms with E-state index in [1.165, 1.54) is 18.4 Å². The highest BCUT2D eigenvalue weighted by atomic mass is 16.5. The van der Waals surface area contributed by atoms with Gasteiger partial charge in [0.1, 0.15) is 5.75 Å². The minimum Gasteiger partial charge on any atom is -0.484 e. The fourth-order valence-corrected chi connectivity index (χ4v) is 3.93. The standard InChI is InChI=1S/C25H35N5O2/c1-3-27-24(31)19-32-22-13-9-10-20(16-22)17-28-25(26-2)29-18-23(30-14-7-8-15-30)21-11-5-4-6-12-21/h4-6,9-13,16,23H,3,7-8,14-15,17-19H2,1-2H3,(H,27,31)(H2,26,28,29). The van der Waals surface area contributed by atoms with Crippen LogP contribution in [0.4, 0.5) is 0 Å². The Morgan fingerprint density at radius 2 is 1.84 bits per heavy atom. The zero-order valence-electron chi connectivity index (χ0n) is 19.1. The molecule has 0 radical (unpaired) electrons. The Bertz CT molecular complexity index is 866. The third-order valence-corrected chi connectivity index (χ3v) is 5.55. The van der Waals surface area contributed by atoms with Gasteiger partial charge in [-0.2, -0.15) is 0 Å². The van der Waals surface area contributed by atoms with Gasteiger partial charge in [-0.3, -0.25) is 14.7 Å². The van der Waals surface area contributed by atoms with E-state index in [9.17, 15) is 4.79 Å². The summed E-state index contributed by atoms with van der Waals surface area (Å²) in [5, 5.41) is 9.61. The summed E-state index contributed by atoms with van der Waals surface area (Å²) in [6, 6.07) is 18.7. The lowest BCUT2D eigenvalue weighted by molar-refractivity contribution is -0.122. The van der Waals surface area contributed by atoms with E-state index in [1.807, 2.05) is 31.2 Å². The molecule has 0 aliphatic carbocycles. The molecule has 7 heteroatoms. The zero-order chi connectivity index (χ0) is 22.6. The fraction of sp³-hybridized carbons (Fsp3) is 0.440.